The molecule has 6 heteroatoms. The normalized spacial score (nSPS) is 27.2. The molecular formula is C23H29FN4O. The number of carbonyl (C=O) groups is 1. The number of likely N-dealkylation sites (tertiary alicyclic amines) is 2. The summed E-state index contributed by atoms with van der Waals surface area (Å²) >= 11 is 0. The lowest BCUT2D eigenvalue weighted by Gasteiger charge is -2.35. The Morgan fingerprint density at radius 3 is 2.79 bits per heavy atom. The molecular weight excluding hydrogens is 367 g/mol. The number of rotatable bonds is 5. The number of aryl methyl sites for hydroxylation is 1. The molecule has 5 rings (SSSR count). The monoisotopic (exact) mass is 396 g/mol. The maximum atomic E-state index is 14.0. The minimum atomic E-state index is -0.219. The van der Waals surface area contributed by atoms with Crippen LogP contribution in [-0.2, 0) is 17.9 Å². The average Bonchev–Trinajstić information content (AvgIpc) is 3.34. The Morgan fingerprint density at radius 1 is 1.24 bits per heavy atom. The second-order valence-corrected chi connectivity index (χ2v) is 8.94. The smallest absolute Gasteiger partial charge is 0.226 e. The van der Waals surface area contributed by atoms with Gasteiger partial charge in [-0.15, -0.1) is 0 Å². The first-order chi connectivity index (χ1) is 14.1. The lowest BCUT2D eigenvalue weighted by molar-refractivity contribution is -0.139. The molecule has 2 saturated heterocycles. The van der Waals surface area contributed by atoms with Gasteiger partial charge in [0.2, 0.25) is 5.91 Å². The average molecular weight is 397 g/mol. The number of benzene rings is 1. The number of fused-ring (bicyclic) bond motifs is 1. The summed E-state index contributed by atoms with van der Waals surface area (Å²) in [7, 11) is 0. The zero-order chi connectivity index (χ0) is 20.0. The molecule has 0 radical (unpaired) electrons. The van der Waals surface area contributed by atoms with Gasteiger partial charge < -0.3 is 4.90 Å². The molecule has 2 aromatic rings. The maximum Gasteiger partial charge on any atom is 0.226 e. The van der Waals surface area contributed by atoms with Crippen LogP contribution in [0.2, 0.25) is 0 Å². The van der Waals surface area contributed by atoms with Crippen LogP contribution >= 0.6 is 0 Å². The molecule has 1 aliphatic carbocycles. The van der Waals surface area contributed by atoms with Gasteiger partial charge in [0.1, 0.15) is 5.82 Å². The summed E-state index contributed by atoms with van der Waals surface area (Å²) < 4.78 is 16.0. The van der Waals surface area contributed by atoms with Gasteiger partial charge in [0.05, 0.1) is 12.2 Å². The third-order valence-corrected chi connectivity index (χ3v) is 7.08. The van der Waals surface area contributed by atoms with Crippen molar-refractivity contribution in [2.24, 2.45) is 17.8 Å². The molecule has 29 heavy (non-hydrogen) atoms. The number of hydrogen-bond acceptors (Lipinski definition) is 3. The molecule has 0 bridgehead atoms. The number of halogens is 1. The van der Waals surface area contributed by atoms with Crippen molar-refractivity contribution in [2.75, 3.05) is 19.6 Å². The highest BCUT2D eigenvalue weighted by Crippen LogP contribution is 2.47. The topological polar surface area (TPSA) is 41.4 Å². The van der Waals surface area contributed by atoms with Gasteiger partial charge in [-0.25, -0.2) is 4.39 Å². The molecule has 3 aliphatic rings. The minimum Gasteiger partial charge on any atom is -0.335 e. The Hall–Kier alpha value is -2.21. The molecule has 3 fully saturated rings. The Labute approximate surface area is 171 Å². The zero-order valence-electron chi connectivity index (χ0n) is 17.0. The molecule has 1 amide bonds. The number of hydrogen-bond donors (Lipinski definition) is 0. The zero-order valence-corrected chi connectivity index (χ0v) is 17.0. The van der Waals surface area contributed by atoms with Crippen molar-refractivity contribution in [1.82, 2.24) is 19.6 Å². The Bertz CT molecular complexity index is 893. The summed E-state index contributed by atoms with van der Waals surface area (Å²) in [6.45, 7) is 6.59. The van der Waals surface area contributed by atoms with Crippen molar-refractivity contribution in [2.45, 2.75) is 45.3 Å². The van der Waals surface area contributed by atoms with Crippen molar-refractivity contribution in [3.05, 3.63) is 53.6 Å². The minimum absolute atomic E-state index is 0.00725. The molecule has 5 nitrogen and oxygen atoms in total. The number of amides is 1. The van der Waals surface area contributed by atoms with E-state index in [9.17, 15) is 9.18 Å². The van der Waals surface area contributed by atoms with Crippen molar-refractivity contribution >= 4 is 5.91 Å². The molecule has 3 atom stereocenters. The van der Waals surface area contributed by atoms with Gasteiger partial charge in [-0.3, -0.25) is 14.4 Å². The standard InChI is InChI=1S/C23H29FN4O/c1-2-27-12-16(10-25-27)11-26-13-19-14-28(23(29)17-5-3-6-17)22(21(19)15-26)18-7-4-8-20(24)9-18/h4,7-10,12,17,19,21-22H,2-3,5-6,11,13-15H2,1H3/t19-,21-,22+/m0/s1. The molecule has 0 unspecified atom stereocenters. The van der Waals surface area contributed by atoms with Crippen LogP contribution in [0.3, 0.4) is 0 Å². The van der Waals surface area contributed by atoms with Crippen molar-refractivity contribution in [1.29, 1.82) is 0 Å². The van der Waals surface area contributed by atoms with E-state index < -0.39 is 0 Å². The van der Waals surface area contributed by atoms with Crippen LogP contribution in [0.4, 0.5) is 4.39 Å². The van der Waals surface area contributed by atoms with Crippen molar-refractivity contribution in [3.63, 3.8) is 0 Å². The van der Waals surface area contributed by atoms with Gasteiger partial charge in [-0.05, 0) is 43.4 Å². The lowest BCUT2D eigenvalue weighted by Crippen LogP contribution is -2.41. The van der Waals surface area contributed by atoms with E-state index in [1.807, 2.05) is 16.9 Å². The number of aromatic nitrogens is 2. The summed E-state index contributed by atoms with van der Waals surface area (Å²) in [5.41, 5.74) is 2.18. The third-order valence-electron chi connectivity index (χ3n) is 7.08. The molecule has 0 spiro atoms. The summed E-state index contributed by atoms with van der Waals surface area (Å²) in [4.78, 5) is 17.7. The Kier molecular flexibility index (Phi) is 4.90. The van der Waals surface area contributed by atoms with Crippen LogP contribution in [0.25, 0.3) is 0 Å². The number of carbonyl (C=O) groups excluding carboxylic acids is 1. The van der Waals surface area contributed by atoms with E-state index in [4.69, 9.17) is 0 Å². The molecule has 1 saturated carbocycles. The first-order valence-electron chi connectivity index (χ1n) is 10.9. The molecule has 3 heterocycles. The highest BCUT2D eigenvalue weighted by molar-refractivity contribution is 5.80. The lowest BCUT2D eigenvalue weighted by atomic mass is 9.83. The molecule has 2 aliphatic heterocycles. The predicted molar refractivity (Wildman–Crippen MR) is 108 cm³/mol. The van der Waals surface area contributed by atoms with Crippen LogP contribution in [0.15, 0.2) is 36.7 Å². The summed E-state index contributed by atoms with van der Waals surface area (Å²) in [6.07, 6.45) is 7.24. The Balaban J connectivity index is 1.37. The first kappa shape index (κ1) is 18.8. The quantitative estimate of drug-likeness (QED) is 0.777. The van der Waals surface area contributed by atoms with E-state index in [1.165, 1.54) is 11.6 Å². The molecule has 1 aromatic carbocycles. The number of nitrogens with zero attached hydrogens (tertiary/aromatic N) is 4. The Morgan fingerprint density at radius 2 is 2.10 bits per heavy atom. The first-order valence-corrected chi connectivity index (χ1v) is 10.9. The van der Waals surface area contributed by atoms with Crippen LogP contribution in [-0.4, -0.2) is 45.1 Å². The van der Waals surface area contributed by atoms with Gasteiger partial charge in [-0.1, -0.05) is 18.6 Å². The molecule has 154 valence electrons. The van der Waals surface area contributed by atoms with Gasteiger partial charge >= 0.3 is 0 Å². The van der Waals surface area contributed by atoms with Crippen LogP contribution in [0.1, 0.15) is 43.4 Å². The summed E-state index contributed by atoms with van der Waals surface area (Å²) in [6, 6.07) is 6.87. The van der Waals surface area contributed by atoms with Crippen LogP contribution in [0, 0.1) is 23.6 Å². The predicted octanol–water partition coefficient (Wildman–Crippen LogP) is 3.47. The summed E-state index contributed by atoms with van der Waals surface area (Å²) in [5, 5.41) is 4.39. The van der Waals surface area contributed by atoms with Crippen molar-refractivity contribution < 1.29 is 9.18 Å². The van der Waals surface area contributed by atoms with Gasteiger partial charge in [0.25, 0.3) is 0 Å². The SMILES string of the molecule is CCn1cc(CN2C[C@H]3CN(C(=O)C4CCC4)[C@H](c4cccc(F)c4)[C@H]3C2)cn1. The second kappa shape index (κ2) is 7.56. The van der Waals surface area contributed by atoms with E-state index in [-0.39, 0.29) is 23.7 Å². The van der Waals surface area contributed by atoms with Gasteiger partial charge in [0, 0.05) is 56.3 Å². The molecule has 0 N–H and O–H groups in total. The maximum absolute atomic E-state index is 14.0. The third kappa shape index (κ3) is 3.48. The highest BCUT2D eigenvalue weighted by atomic mass is 19.1. The molecule has 1 aromatic heterocycles. The van der Waals surface area contributed by atoms with E-state index in [2.05, 4.69) is 28.0 Å². The van der Waals surface area contributed by atoms with E-state index in [1.54, 1.807) is 12.1 Å². The van der Waals surface area contributed by atoms with Gasteiger partial charge in [-0.2, -0.15) is 5.10 Å². The largest absolute Gasteiger partial charge is 0.335 e. The van der Waals surface area contributed by atoms with Crippen molar-refractivity contribution in [3.8, 4) is 0 Å². The van der Waals surface area contributed by atoms with Gasteiger partial charge in [0.15, 0.2) is 0 Å². The highest BCUT2D eigenvalue weighted by Gasteiger charge is 2.50. The summed E-state index contributed by atoms with van der Waals surface area (Å²) in [5.74, 6) is 1.07. The van der Waals surface area contributed by atoms with Crippen LogP contribution < -0.4 is 0 Å². The second-order valence-electron chi connectivity index (χ2n) is 8.94. The van der Waals surface area contributed by atoms with E-state index in [0.717, 1.165) is 57.5 Å². The fraction of sp³-hybridized carbons (Fsp3) is 0.565. The fourth-order valence-corrected chi connectivity index (χ4v) is 5.42. The van der Waals surface area contributed by atoms with E-state index >= 15 is 0 Å². The van der Waals surface area contributed by atoms with E-state index in [0.29, 0.717) is 11.8 Å². The van der Waals surface area contributed by atoms with Crippen LogP contribution in [0.5, 0.6) is 0 Å². The fourth-order valence-electron chi connectivity index (χ4n) is 5.42.